The van der Waals surface area contributed by atoms with Gasteiger partial charge in [-0.25, -0.2) is 0 Å². The summed E-state index contributed by atoms with van der Waals surface area (Å²) < 4.78 is 42.2. The van der Waals surface area contributed by atoms with Crippen LogP contribution in [-0.2, 0) is 16.1 Å². The van der Waals surface area contributed by atoms with Crippen molar-refractivity contribution >= 4 is 11.8 Å². The molecule has 30 heavy (non-hydrogen) atoms. The molecule has 1 fully saturated rings. The summed E-state index contributed by atoms with van der Waals surface area (Å²) in [7, 11) is 1.51. The van der Waals surface area contributed by atoms with Crippen LogP contribution in [0.4, 0.5) is 13.2 Å². The SMILES string of the molecule is CN(Cc1ccccc1OC(F)(F)F)C(=O)C(c1ccccc1)N1CCCCC1=O. The van der Waals surface area contributed by atoms with Gasteiger partial charge < -0.3 is 14.5 Å². The van der Waals surface area contributed by atoms with Crippen LogP contribution >= 0.6 is 0 Å². The topological polar surface area (TPSA) is 49.9 Å². The fourth-order valence-electron chi connectivity index (χ4n) is 3.59. The number of carbonyl (C=O) groups excluding carboxylic acids is 2. The van der Waals surface area contributed by atoms with Crippen LogP contribution in [-0.4, -0.2) is 41.6 Å². The van der Waals surface area contributed by atoms with E-state index < -0.39 is 12.4 Å². The minimum Gasteiger partial charge on any atom is -0.405 e. The molecule has 0 saturated carbocycles. The maximum absolute atomic E-state index is 13.4. The van der Waals surface area contributed by atoms with E-state index in [9.17, 15) is 22.8 Å². The average molecular weight is 420 g/mol. The predicted octanol–water partition coefficient (Wildman–Crippen LogP) is 4.30. The highest BCUT2D eigenvalue weighted by Gasteiger charge is 2.35. The normalized spacial score (nSPS) is 15.6. The first kappa shape index (κ1) is 21.7. The van der Waals surface area contributed by atoms with Crippen LogP contribution in [0, 0.1) is 0 Å². The molecule has 160 valence electrons. The van der Waals surface area contributed by atoms with Crippen molar-refractivity contribution in [3.8, 4) is 5.75 Å². The van der Waals surface area contributed by atoms with Crippen LogP contribution < -0.4 is 4.74 Å². The first-order valence-electron chi connectivity index (χ1n) is 9.69. The Bertz CT molecular complexity index is 887. The van der Waals surface area contributed by atoms with E-state index in [0.717, 1.165) is 12.8 Å². The van der Waals surface area contributed by atoms with Gasteiger partial charge in [0.25, 0.3) is 0 Å². The van der Waals surface area contributed by atoms with Crippen molar-refractivity contribution in [2.24, 2.45) is 0 Å². The van der Waals surface area contributed by atoms with Gasteiger partial charge in [-0.15, -0.1) is 13.2 Å². The fourth-order valence-corrected chi connectivity index (χ4v) is 3.59. The van der Waals surface area contributed by atoms with Crippen LogP contribution in [0.1, 0.15) is 36.4 Å². The molecule has 2 amide bonds. The summed E-state index contributed by atoms with van der Waals surface area (Å²) in [5.74, 6) is -0.814. The van der Waals surface area contributed by atoms with E-state index in [2.05, 4.69) is 4.74 Å². The first-order chi connectivity index (χ1) is 14.3. The zero-order valence-corrected chi connectivity index (χ0v) is 16.6. The Hall–Kier alpha value is -3.03. The highest BCUT2D eigenvalue weighted by molar-refractivity contribution is 5.89. The van der Waals surface area contributed by atoms with Gasteiger partial charge in [-0.1, -0.05) is 48.5 Å². The van der Waals surface area contributed by atoms with Gasteiger partial charge in [-0.05, 0) is 24.5 Å². The number of ether oxygens (including phenoxy) is 1. The van der Waals surface area contributed by atoms with Gasteiger partial charge in [0, 0.05) is 32.1 Å². The minimum absolute atomic E-state index is 0.0869. The second-order valence-electron chi connectivity index (χ2n) is 7.21. The molecular formula is C22H23F3N2O3. The maximum Gasteiger partial charge on any atom is 0.573 e. The molecule has 0 spiro atoms. The van der Waals surface area contributed by atoms with Gasteiger partial charge in [-0.2, -0.15) is 0 Å². The minimum atomic E-state index is -4.83. The van der Waals surface area contributed by atoms with Gasteiger partial charge in [0.2, 0.25) is 11.8 Å². The molecule has 8 heteroatoms. The van der Waals surface area contributed by atoms with Gasteiger partial charge in [0.15, 0.2) is 0 Å². The van der Waals surface area contributed by atoms with Gasteiger partial charge >= 0.3 is 6.36 Å². The Kier molecular flexibility index (Phi) is 6.64. The zero-order valence-electron chi connectivity index (χ0n) is 16.6. The first-order valence-corrected chi connectivity index (χ1v) is 9.69. The third-order valence-electron chi connectivity index (χ3n) is 5.00. The number of likely N-dealkylation sites (N-methyl/N-ethyl adjacent to an activating group) is 1. The second-order valence-corrected chi connectivity index (χ2v) is 7.21. The van der Waals surface area contributed by atoms with E-state index in [4.69, 9.17) is 0 Å². The molecule has 1 unspecified atom stereocenters. The number of alkyl halides is 3. The number of para-hydroxylation sites is 1. The Balaban J connectivity index is 1.86. The van der Waals surface area contributed by atoms with Gasteiger partial charge in [0.1, 0.15) is 11.8 Å². The number of carbonyl (C=O) groups is 2. The molecule has 0 aliphatic carbocycles. The van der Waals surface area contributed by atoms with Crippen molar-refractivity contribution in [1.82, 2.24) is 9.80 Å². The third kappa shape index (κ3) is 5.31. The molecule has 5 nitrogen and oxygen atoms in total. The van der Waals surface area contributed by atoms with Crippen LogP contribution in [0.15, 0.2) is 54.6 Å². The molecule has 2 aromatic rings. The number of benzene rings is 2. The third-order valence-corrected chi connectivity index (χ3v) is 5.00. The van der Waals surface area contributed by atoms with Crippen molar-refractivity contribution in [3.63, 3.8) is 0 Å². The molecule has 0 bridgehead atoms. The number of amides is 2. The molecule has 1 saturated heterocycles. The summed E-state index contributed by atoms with van der Waals surface area (Å²) in [6.07, 6.45) is -2.87. The molecule has 0 aromatic heterocycles. The van der Waals surface area contributed by atoms with Crippen molar-refractivity contribution in [1.29, 1.82) is 0 Å². The number of piperidine rings is 1. The smallest absolute Gasteiger partial charge is 0.405 e. The Morgan fingerprint density at radius 3 is 2.43 bits per heavy atom. The van der Waals surface area contributed by atoms with Crippen LogP contribution in [0.3, 0.4) is 0 Å². The quantitative estimate of drug-likeness (QED) is 0.700. The average Bonchev–Trinajstić information content (AvgIpc) is 2.71. The number of rotatable bonds is 6. The lowest BCUT2D eigenvalue weighted by atomic mass is 10.00. The largest absolute Gasteiger partial charge is 0.573 e. The van der Waals surface area contributed by atoms with E-state index in [1.807, 2.05) is 6.07 Å². The monoisotopic (exact) mass is 420 g/mol. The van der Waals surface area contributed by atoms with Crippen molar-refractivity contribution in [3.05, 3.63) is 65.7 Å². The summed E-state index contributed by atoms with van der Waals surface area (Å²) in [5, 5.41) is 0. The summed E-state index contributed by atoms with van der Waals surface area (Å²) in [4.78, 5) is 28.8. The van der Waals surface area contributed by atoms with Gasteiger partial charge in [-0.3, -0.25) is 9.59 Å². The fraction of sp³-hybridized carbons (Fsp3) is 0.364. The number of nitrogens with zero attached hydrogens (tertiary/aromatic N) is 2. The summed E-state index contributed by atoms with van der Waals surface area (Å²) in [5.41, 5.74) is 0.895. The van der Waals surface area contributed by atoms with Crippen molar-refractivity contribution in [2.45, 2.75) is 38.2 Å². The van der Waals surface area contributed by atoms with E-state index in [1.165, 1.54) is 30.1 Å². The Morgan fingerprint density at radius 1 is 1.10 bits per heavy atom. The highest BCUT2D eigenvalue weighted by atomic mass is 19.4. The standard InChI is InChI=1S/C22H23F3N2O3/c1-26(15-17-11-5-6-12-18(17)30-22(23,24)25)21(29)20(16-9-3-2-4-10-16)27-14-8-7-13-19(27)28/h2-6,9-12,20H,7-8,13-15H2,1H3. The number of hydrogen-bond donors (Lipinski definition) is 0. The molecule has 2 aromatic carbocycles. The van der Waals surface area contributed by atoms with E-state index >= 15 is 0 Å². The Morgan fingerprint density at radius 2 is 1.77 bits per heavy atom. The lowest BCUT2D eigenvalue weighted by Gasteiger charge is -2.36. The molecule has 1 atom stereocenters. The molecule has 1 heterocycles. The molecule has 1 aliphatic rings. The lowest BCUT2D eigenvalue weighted by molar-refractivity contribution is -0.275. The van der Waals surface area contributed by atoms with Crippen molar-refractivity contribution in [2.75, 3.05) is 13.6 Å². The van der Waals surface area contributed by atoms with E-state index in [1.54, 1.807) is 35.2 Å². The van der Waals surface area contributed by atoms with Crippen LogP contribution in [0.25, 0.3) is 0 Å². The molecule has 0 N–H and O–H groups in total. The summed E-state index contributed by atoms with van der Waals surface area (Å²) >= 11 is 0. The van der Waals surface area contributed by atoms with E-state index in [-0.39, 0.29) is 29.7 Å². The molecule has 1 aliphatic heterocycles. The lowest BCUT2D eigenvalue weighted by Crippen LogP contribution is -2.46. The van der Waals surface area contributed by atoms with Crippen LogP contribution in [0.5, 0.6) is 5.75 Å². The number of likely N-dealkylation sites (tertiary alicyclic amines) is 1. The molecule has 0 radical (unpaired) electrons. The Labute approximate surface area is 173 Å². The summed E-state index contributed by atoms with van der Waals surface area (Å²) in [6.45, 7) is 0.377. The highest BCUT2D eigenvalue weighted by Crippen LogP contribution is 2.30. The maximum atomic E-state index is 13.4. The predicted molar refractivity (Wildman–Crippen MR) is 104 cm³/mol. The summed E-state index contributed by atoms with van der Waals surface area (Å²) in [6, 6.07) is 13.8. The molecule has 3 rings (SSSR count). The number of halogens is 3. The second kappa shape index (κ2) is 9.19. The van der Waals surface area contributed by atoms with Crippen molar-refractivity contribution < 1.29 is 27.5 Å². The van der Waals surface area contributed by atoms with Gasteiger partial charge in [0.05, 0.1) is 0 Å². The van der Waals surface area contributed by atoms with E-state index in [0.29, 0.717) is 18.5 Å². The molecular weight excluding hydrogens is 397 g/mol. The number of hydrogen-bond acceptors (Lipinski definition) is 3. The zero-order chi connectivity index (χ0) is 21.7. The van der Waals surface area contributed by atoms with Crippen LogP contribution in [0.2, 0.25) is 0 Å².